The van der Waals surface area contributed by atoms with Gasteiger partial charge in [0.25, 0.3) is 0 Å². The molecule has 0 aliphatic carbocycles. The Morgan fingerprint density at radius 3 is 1.38 bits per heavy atom. The van der Waals surface area contributed by atoms with Crippen molar-refractivity contribution in [1.82, 2.24) is 15.0 Å². The lowest BCUT2D eigenvalue weighted by atomic mass is 9.86. The zero-order valence-corrected chi connectivity index (χ0v) is 31.1. The second-order valence-corrected chi connectivity index (χ2v) is 15.0. The van der Waals surface area contributed by atoms with Gasteiger partial charge in [-0.25, -0.2) is 15.0 Å². The minimum atomic E-state index is 0.555. The number of aromatic nitrogens is 3. The van der Waals surface area contributed by atoms with Crippen molar-refractivity contribution in [2.24, 2.45) is 0 Å². The minimum Gasteiger partial charge on any atom is -0.208 e. The van der Waals surface area contributed by atoms with Gasteiger partial charge in [0.1, 0.15) is 0 Å². The third-order valence-electron chi connectivity index (χ3n) is 11.8. The van der Waals surface area contributed by atoms with Crippen LogP contribution in [-0.4, -0.2) is 15.0 Å². The molecule has 1 heterocycles. The number of hydrogen-bond acceptors (Lipinski definition) is 4. The van der Waals surface area contributed by atoms with E-state index < -0.39 is 0 Å². The molecule has 0 bridgehead atoms. The summed E-state index contributed by atoms with van der Waals surface area (Å²) in [5.74, 6) is 1.74. The summed E-state index contributed by atoms with van der Waals surface area (Å²) in [5.41, 5.74) is 5.53. The second kappa shape index (κ2) is 12.5. The summed E-state index contributed by atoms with van der Waals surface area (Å²) < 4.78 is 0. The quantitative estimate of drug-likeness (QED) is 0.169. The Hall–Kier alpha value is -8.00. The van der Waals surface area contributed by atoms with E-state index >= 15 is 0 Å². The van der Waals surface area contributed by atoms with E-state index in [9.17, 15) is 5.26 Å². The van der Waals surface area contributed by atoms with Crippen LogP contribution in [0, 0.1) is 11.3 Å². The first kappa shape index (κ1) is 32.3. The van der Waals surface area contributed by atoms with Crippen molar-refractivity contribution >= 4 is 75.4 Å². The van der Waals surface area contributed by atoms with Crippen molar-refractivity contribution in [1.29, 1.82) is 5.26 Å². The fraction of sp³-hybridized carbons (Fsp3) is 0. The zero-order chi connectivity index (χ0) is 38.3. The van der Waals surface area contributed by atoms with Gasteiger partial charge in [0.05, 0.1) is 11.6 Å². The maximum atomic E-state index is 9.45. The van der Waals surface area contributed by atoms with Crippen molar-refractivity contribution in [3.8, 4) is 51.4 Å². The molecule has 1 aromatic heterocycles. The molecule has 0 aliphatic heterocycles. The first-order chi connectivity index (χ1) is 28.7. The van der Waals surface area contributed by atoms with Crippen molar-refractivity contribution in [2.75, 3.05) is 0 Å². The normalized spacial score (nSPS) is 11.8. The summed E-state index contributed by atoms with van der Waals surface area (Å²) in [6.45, 7) is 0. The number of benzene rings is 10. The Balaban J connectivity index is 1.14. The van der Waals surface area contributed by atoms with Crippen LogP contribution in [0.3, 0.4) is 0 Å². The molecule has 58 heavy (non-hydrogen) atoms. The van der Waals surface area contributed by atoms with Gasteiger partial charge in [-0.3, -0.25) is 0 Å². The molecule has 12 rings (SSSR count). The Bertz CT molecular complexity index is 3670. The van der Waals surface area contributed by atoms with Crippen LogP contribution in [0.15, 0.2) is 182 Å². The summed E-state index contributed by atoms with van der Waals surface area (Å²) in [7, 11) is 0. The molecule has 0 amide bonds. The van der Waals surface area contributed by atoms with Crippen LogP contribution >= 0.6 is 0 Å². The van der Waals surface area contributed by atoms with Crippen molar-refractivity contribution in [2.45, 2.75) is 0 Å². The van der Waals surface area contributed by atoms with Gasteiger partial charge in [-0.15, -0.1) is 0 Å². The van der Waals surface area contributed by atoms with E-state index in [2.05, 4.69) is 133 Å². The van der Waals surface area contributed by atoms with Crippen LogP contribution in [0.1, 0.15) is 5.56 Å². The molecule has 0 atom stereocenters. The van der Waals surface area contributed by atoms with Crippen LogP contribution in [0.2, 0.25) is 0 Å². The smallest absolute Gasteiger partial charge is 0.164 e. The van der Waals surface area contributed by atoms with Gasteiger partial charge in [-0.05, 0) is 129 Å². The predicted octanol–water partition coefficient (Wildman–Crippen LogP) is 13.9. The van der Waals surface area contributed by atoms with Gasteiger partial charge in [0.15, 0.2) is 17.5 Å². The fourth-order valence-electron chi connectivity index (χ4n) is 9.22. The van der Waals surface area contributed by atoms with Gasteiger partial charge >= 0.3 is 0 Å². The molecule has 4 heteroatoms. The van der Waals surface area contributed by atoms with Crippen molar-refractivity contribution in [3.63, 3.8) is 0 Å². The zero-order valence-electron chi connectivity index (χ0n) is 31.1. The lowest BCUT2D eigenvalue weighted by Crippen LogP contribution is -2.00. The van der Waals surface area contributed by atoms with Gasteiger partial charge in [0, 0.05) is 16.7 Å². The summed E-state index contributed by atoms with van der Waals surface area (Å²) in [6, 6.07) is 66.7. The molecule has 0 N–H and O–H groups in total. The van der Waals surface area contributed by atoms with Crippen molar-refractivity contribution < 1.29 is 0 Å². The van der Waals surface area contributed by atoms with E-state index in [1.54, 1.807) is 12.1 Å². The molecule has 0 saturated heterocycles. The third kappa shape index (κ3) is 4.84. The van der Waals surface area contributed by atoms with Crippen LogP contribution in [0.25, 0.3) is 121 Å². The highest BCUT2D eigenvalue weighted by atomic mass is 15.0. The van der Waals surface area contributed by atoms with Crippen LogP contribution in [0.4, 0.5) is 0 Å². The maximum Gasteiger partial charge on any atom is 0.164 e. The average Bonchev–Trinajstić information content (AvgIpc) is 3.29. The number of nitrogens with zero attached hydrogens (tertiary/aromatic N) is 4. The lowest BCUT2D eigenvalue weighted by molar-refractivity contribution is 1.08. The van der Waals surface area contributed by atoms with E-state index in [1.807, 2.05) is 42.5 Å². The molecule has 266 valence electrons. The van der Waals surface area contributed by atoms with E-state index in [0.717, 1.165) is 38.6 Å². The van der Waals surface area contributed by atoms with Crippen LogP contribution in [-0.2, 0) is 0 Å². The standard InChI is InChI=1S/C54H30N4/c55-31-32-19-21-37(22-20-32)53-56-52(36-9-2-1-3-10-36)57-54(58-53)46-28-27-40(41-14-4-5-15-42(41)46)39-29-38-26-25-35-12-7-17-44-43-16-6-11-33-23-24-34-13-8-18-45(50(34)48(33)43)47(30-39)51(38)49(35)44/h1-30H. The number of hydrogen-bond donors (Lipinski definition) is 0. The van der Waals surface area contributed by atoms with E-state index in [4.69, 9.17) is 15.0 Å². The molecule has 0 saturated carbocycles. The second-order valence-electron chi connectivity index (χ2n) is 15.0. The van der Waals surface area contributed by atoms with Crippen molar-refractivity contribution in [3.05, 3.63) is 188 Å². The maximum absolute atomic E-state index is 9.45. The summed E-state index contributed by atoms with van der Waals surface area (Å²) in [6.07, 6.45) is 0. The Kier molecular flexibility index (Phi) is 6.96. The molecule has 0 radical (unpaired) electrons. The SMILES string of the molecule is N#Cc1ccc(-c2nc(-c3ccccc3)nc(-c3ccc(-c4cc5ccc6cccc7c8cccc9ccc%10cccc(c(c4)c5c67)c%10c98)c4ccccc34)n2)cc1. The highest BCUT2D eigenvalue weighted by Gasteiger charge is 2.19. The lowest BCUT2D eigenvalue weighted by Gasteiger charge is -2.18. The Morgan fingerprint density at radius 1 is 0.310 bits per heavy atom. The van der Waals surface area contributed by atoms with Gasteiger partial charge in [-0.1, -0.05) is 140 Å². The first-order valence-corrected chi connectivity index (χ1v) is 19.5. The molecule has 0 aliphatic rings. The highest BCUT2D eigenvalue weighted by Crippen LogP contribution is 2.45. The summed E-state index contributed by atoms with van der Waals surface area (Å²) in [4.78, 5) is 15.1. The summed E-state index contributed by atoms with van der Waals surface area (Å²) in [5, 5.41) is 26.8. The monoisotopic (exact) mass is 734 g/mol. The van der Waals surface area contributed by atoms with Gasteiger partial charge in [-0.2, -0.15) is 5.26 Å². The Labute approximate surface area is 333 Å². The molecule has 12 aromatic rings. The average molecular weight is 735 g/mol. The molecular formula is C54H30N4. The topological polar surface area (TPSA) is 62.5 Å². The predicted molar refractivity (Wildman–Crippen MR) is 240 cm³/mol. The number of fused-ring (bicyclic) bond motifs is 3. The first-order valence-electron chi connectivity index (χ1n) is 19.5. The summed E-state index contributed by atoms with van der Waals surface area (Å²) >= 11 is 0. The third-order valence-corrected chi connectivity index (χ3v) is 11.8. The van der Waals surface area contributed by atoms with Gasteiger partial charge in [0.2, 0.25) is 0 Å². The van der Waals surface area contributed by atoms with E-state index in [1.165, 1.54) is 64.6 Å². The molecule has 0 unspecified atom stereocenters. The molecular weight excluding hydrogens is 705 g/mol. The van der Waals surface area contributed by atoms with E-state index in [0.29, 0.717) is 23.0 Å². The van der Waals surface area contributed by atoms with Crippen LogP contribution in [0.5, 0.6) is 0 Å². The van der Waals surface area contributed by atoms with Gasteiger partial charge < -0.3 is 0 Å². The Morgan fingerprint density at radius 2 is 0.776 bits per heavy atom. The molecule has 11 aromatic carbocycles. The van der Waals surface area contributed by atoms with E-state index in [-0.39, 0.29) is 0 Å². The fourth-order valence-corrected chi connectivity index (χ4v) is 9.22. The minimum absolute atomic E-state index is 0.555. The number of nitriles is 1. The largest absolute Gasteiger partial charge is 0.208 e. The van der Waals surface area contributed by atoms with Crippen LogP contribution < -0.4 is 0 Å². The molecule has 0 spiro atoms. The number of rotatable bonds is 4. The molecule has 0 fully saturated rings. The molecule has 4 nitrogen and oxygen atoms in total. The highest BCUT2D eigenvalue weighted by molar-refractivity contribution is 6.37.